The van der Waals surface area contributed by atoms with E-state index in [-0.39, 0.29) is 4.90 Å². The van der Waals surface area contributed by atoms with Crippen LogP contribution in [0.2, 0.25) is 0 Å². The van der Waals surface area contributed by atoms with Crippen molar-refractivity contribution >= 4 is 27.2 Å². The zero-order chi connectivity index (χ0) is 19.0. The molecule has 0 atom stereocenters. The molecule has 0 spiro atoms. The third-order valence-electron chi connectivity index (χ3n) is 4.37. The lowest BCUT2D eigenvalue weighted by Crippen LogP contribution is -2.12. The molecule has 1 heterocycles. The van der Waals surface area contributed by atoms with Gasteiger partial charge in [-0.25, -0.2) is 16.8 Å². The van der Waals surface area contributed by atoms with Gasteiger partial charge in [-0.3, -0.25) is 4.79 Å². The van der Waals surface area contributed by atoms with Crippen LogP contribution in [-0.4, -0.2) is 18.7 Å². The molecule has 134 valence electrons. The van der Waals surface area contributed by atoms with Gasteiger partial charge in [0.1, 0.15) is 12.1 Å². The van der Waals surface area contributed by atoms with Gasteiger partial charge in [0.05, 0.1) is 10.4 Å². The zero-order valence-corrected chi connectivity index (χ0v) is 14.9. The van der Waals surface area contributed by atoms with Crippen LogP contribution in [0, 0.1) is 5.82 Å². The molecule has 0 radical (unpaired) electrons. The lowest BCUT2D eigenvalue weighted by atomic mass is 10.0. The van der Waals surface area contributed by atoms with Crippen LogP contribution in [0.25, 0.3) is 22.0 Å². The van der Waals surface area contributed by atoms with Gasteiger partial charge < -0.3 is 0 Å². The van der Waals surface area contributed by atoms with Crippen LogP contribution in [0.1, 0.15) is 10.4 Å². The van der Waals surface area contributed by atoms with Crippen molar-refractivity contribution in [2.24, 2.45) is 0 Å². The van der Waals surface area contributed by atoms with Crippen molar-refractivity contribution in [3.63, 3.8) is 0 Å². The predicted molar refractivity (Wildman–Crippen MR) is 102 cm³/mol. The number of carbonyl (C=O) groups excluding carboxylic acids is 1. The second-order valence-electron chi connectivity index (χ2n) is 6.06. The Balaban J connectivity index is 2.03. The highest BCUT2D eigenvalue weighted by atomic mass is 32.2. The normalized spacial score (nSPS) is 11.6. The fraction of sp³-hybridized carbons (Fsp3) is 0. The SMILES string of the molecule is O=Cc1ccc2c(c1)c(-c1ccccc1)cn2S(=O)(=O)c1cccc(F)c1. The zero-order valence-electron chi connectivity index (χ0n) is 14.0. The minimum absolute atomic E-state index is 0.140. The number of nitrogens with zero attached hydrogens (tertiary/aromatic N) is 1. The summed E-state index contributed by atoms with van der Waals surface area (Å²) in [5.41, 5.74) is 2.36. The first-order valence-electron chi connectivity index (χ1n) is 8.17. The highest BCUT2D eigenvalue weighted by Crippen LogP contribution is 2.33. The second kappa shape index (κ2) is 6.48. The minimum Gasteiger partial charge on any atom is -0.298 e. The van der Waals surface area contributed by atoms with Crippen LogP contribution in [0.4, 0.5) is 4.39 Å². The topological polar surface area (TPSA) is 56.1 Å². The molecule has 0 saturated heterocycles. The van der Waals surface area contributed by atoms with Crippen LogP contribution < -0.4 is 0 Å². The second-order valence-corrected chi connectivity index (χ2v) is 7.88. The number of halogens is 1. The summed E-state index contributed by atoms with van der Waals surface area (Å²) < 4.78 is 41.0. The van der Waals surface area contributed by atoms with Gasteiger partial charge >= 0.3 is 0 Å². The molecule has 0 N–H and O–H groups in total. The van der Waals surface area contributed by atoms with Crippen molar-refractivity contribution in [2.45, 2.75) is 4.90 Å². The largest absolute Gasteiger partial charge is 0.298 e. The number of benzene rings is 3. The van der Waals surface area contributed by atoms with Crippen LogP contribution in [0.15, 0.2) is 83.9 Å². The Kier molecular flexibility index (Phi) is 4.12. The lowest BCUT2D eigenvalue weighted by Gasteiger charge is -2.07. The third-order valence-corrected chi connectivity index (χ3v) is 6.04. The summed E-state index contributed by atoms with van der Waals surface area (Å²) in [6.45, 7) is 0. The fourth-order valence-electron chi connectivity index (χ4n) is 3.08. The van der Waals surface area contributed by atoms with E-state index in [0.29, 0.717) is 28.3 Å². The molecule has 0 saturated carbocycles. The molecule has 4 nitrogen and oxygen atoms in total. The molecule has 6 heteroatoms. The number of aromatic nitrogens is 1. The molecular weight excluding hydrogens is 365 g/mol. The van der Waals surface area contributed by atoms with Crippen LogP contribution in [0.3, 0.4) is 0 Å². The number of hydrogen-bond donors (Lipinski definition) is 0. The van der Waals surface area contributed by atoms with Gasteiger partial charge in [-0.2, -0.15) is 0 Å². The maximum atomic E-state index is 13.6. The van der Waals surface area contributed by atoms with E-state index >= 15 is 0 Å². The maximum absolute atomic E-state index is 13.6. The summed E-state index contributed by atoms with van der Waals surface area (Å²) in [6, 6.07) is 19.0. The van der Waals surface area contributed by atoms with Crippen molar-refractivity contribution in [1.82, 2.24) is 3.97 Å². The molecule has 0 unspecified atom stereocenters. The first-order chi connectivity index (χ1) is 13.0. The van der Waals surface area contributed by atoms with Crippen LogP contribution in [0.5, 0.6) is 0 Å². The summed E-state index contributed by atoms with van der Waals surface area (Å²) in [4.78, 5) is 11.1. The lowest BCUT2D eigenvalue weighted by molar-refractivity contribution is 0.112. The maximum Gasteiger partial charge on any atom is 0.268 e. The van der Waals surface area contributed by atoms with E-state index in [1.807, 2.05) is 30.3 Å². The number of hydrogen-bond acceptors (Lipinski definition) is 3. The third kappa shape index (κ3) is 2.94. The van der Waals surface area contributed by atoms with Crippen molar-refractivity contribution in [3.8, 4) is 11.1 Å². The molecular formula is C21H14FNO3S. The molecule has 0 aliphatic rings. The predicted octanol–water partition coefficient (Wildman–Crippen LogP) is 4.50. The number of carbonyl (C=O) groups is 1. The molecule has 3 aromatic carbocycles. The van der Waals surface area contributed by atoms with E-state index < -0.39 is 15.8 Å². The minimum atomic E-state index is -4.01. The standard InChI is InChI=1S/C21H14FNO3S/c22-17-7-4-8-18(12-17)27(25,26)23-13-20(16-5-2-1-3-6-16)19-11-15(14-24)9-10-21(19)23/h1-14H. The van der Waals surface area contributed by atoms with Gasteiger partial charge in [-0.1, -0.05) is 36.4 Å². The van der Waals surface area contributed by atoms with Gasteiger partial charge in [0, 0.05) is 22.7 Å². The summed E-state index contributed by atoms with van der Waals surface area (Å²) in [5, 5.41) is 0.630. The summed E-state index contributed by atoms with van der Waals surface area (Å²) in [6.07, 6.45) is 2.22. The van der Waals surface area contributed by atoms with Crippen molar-refractivity contribution in [2.75, 3.05) is 0 Å². The van der Waals surface area contributed by atoms with Crippen molar-refractivity contribution in [1.29, 1.82) is 0 Å². The molecule has 0 aliphatic heterocycles. The van der Waals surface area contributed by atoms with Gasteiger partial charge in [0.2, 0.25) is 0 Å². The van der Waals surface area contributed by atoms with Crippen LogP contribution >= 0.6 is 0 Å². The number of fused-ring (bicyclic) bond motifs is 1. The van der Waals surface area contributed by atoms with Crippen molar-refractivity contribution < 1.29 is 17.6 Å². The first-order valence-corrected chi connectivity index (χ1v) is 9.61. The number of aldehydes is 1. The quantitative estimate of drug-likeness (QED) is 0.491. The Morgan fingerprint density at radius 2 is 1.67 bits per heavy atom. The molecule has 0 bridgehead atoms. The molecule has 0 amide bonds. The smallest absolute Gasteiger partial charge is 0.268 e. The molecule has 27 heavy (non-hydrogen) atoms. The first kappa shape index (κ1) is 17.2. The molecule has 4 rings (SSSR count). The summed E-state index contributed by atoms with van der Waals surface area (Å²) >= 11 is 0. The Hall–Kier alpha value is -3.25. The van der Waals surface area contributed by atoms with Gasteiger partial charge in [-0.15, -0.1) is 0 Å². The van der Waals surface area contributed by atoms with Gasteiger partial charge in [0.25, 0.3) is 10.0 Å². The fourth-order valence-corrected chi connectivity index (χ4v) is 4.48. The molecule has 0 aliphatic carbocycles. The van der Waals surface area contributed by atoms with E-state index in [4.69, 9.17) is 0 Å². The van der Waals surface area contributed by atoms with E-state index in [1.165, 1.54) is 24.4 Å². The van der Waals surface area contributed by atoms with Crippen LogP contribution in [-0.2, 0) is 10.0 Å². The van der Waals surface area contributed by atoms with E-state index in [0.717, 1.165) is 15.6 Å². The molecule has 4 aromatic rings. The highest BCUT2D eigenvalue weighted by molar-refractivity contribution is 7.90. The van der Waals surface area contributed by atoms with Gasteiger partial charge in [-0.05, 0) is 42.0 Å². The Morgan fingerprint density at radius 3 is 2.37 bits per heavy atom. The summed E-state index contributed by atoms with van der Waals surface area (Å²) in [5.74, 6) is -0.626. The van der Waals surface area contributed by atoms with Gasteiger partial charge in [0.15, 0.2) is 0 Å². The summed E-state index contributed by atoms with van der Waals surface area (Å²) in [7, 11) is -4.01. The van der Waals surface area contributed by atoms with E-state index in [9.17, 15) is 17.6 Å². The molecule has 1 aromatic heterocycles. The Labute approximate surface area is 155 Å². The number of rotatable bonds is 4. The average molecular weight is 379 g/mol. The molecule has 0 fully saturated rings. The Bertz CT molecular complexity index is 1260. The highest BCUT2D eigenvalue weighted by Gasteiger charge is 2.22. The van der Waals surface area contributed by atoms with Crippen molar-refractivity contribution in [3.05, 3.63) is 90.4 Å². The van der Waals surface area contributed by atoms with E-state index in [1.54, 1.807) is 18.2 Å². The van der Waals surface area contributed by atoms with E-state index in [2.05, 4.69) is 0 Å². The monoisotopic (exact) mass is 379 g/mol. The average Bonchev–Trinajstić information content (AvgIpc) is 3.08. The Morgan fingerprint density at radius 1 is 0.889 bits per heavy atom.